The number of carbonyl (C=O) groups is 1. The Bertz CT molecular complexity index is 448. The summed E-state index contributed by atoms with van der Waals surface area (Å²) in [6.07, 6.45) is 0.879. The fourth-order valence-electron chi connectivity index (χ4n) is 1.72. The van der Waals surface area contributed by atoms with E-state index < -0.39 is 5.97 Å². The summed E-state index contributed by atoms with van der Waals surface area (Å²) in [6.45, 7) is 4.67. The van der Waals surface area contributed by atoms with Crippen LogP contribution in [0.15, 0.2) is 0 Å². The molecule has 0 aliphatic heterocycles. The Morgan fingerprint density at radius 2 is 2.10 bits per heavy atom. The molecule has 3 N–H and O–H groups in total. The van der Waals surface area contributed by atoms with Crippen molar-refractivity contribution in [3.63, 3.8) is 0 Å². The van der Waals surface area contributed by atoms with Crippen LogP contribution in [-0.4, -0.2) is 39.4 Å². The van der Waals surface area contributed by atoms with Crippen LogP contribution >= 0.6 is 11.3 Å². The molecular weight excluding hydrogens is 280 g/mol. The smallest absolute Gasteiger partial charge is 0.350 e. The maximum atomic E-state index is 11.8. The first-order valence-electron chi connectivity index (χ1n) is 6.47. The highest BCUT2D eigenvalue weighted by Crippen LogP contribution is 2.43. The van der Waals surface area contributed by atoms with Crippen molar-refractivity contribution in [2.24, 2.45) is 0 Å². The van der Waals surface area contributed by atoms with Gasteiger partial charge in [0.25, 0.3) is 0 Å². The second-order valence-corrected chi connectivity index (χ2v) is 5.15. The average molecular weight is 302 g/mol. The highest BCUT2D eigenvalue weighted by atomic mass is 32.1. The van der Waals surface area contributed by atoms with Gasteiger partial charge in [0, 0.05) is 7.11 Å². The van der Waals surface area contributed by atoms with Crippen LogP contribution in [0.3, 0.4) is 0 Å². The zero-order valence-corrected chi connectivity index (χ0v) is 13.1. The standard InChI is InChI=1S/C13H22N2O4S/c1-5-8(7-17-3)15-12-10(18-4)9(14)11(20-12)13(16)19-6-2/h8,15H,5-7,14H2,1-4H3. The number of carbonyl (C=O) groups excluding carboxylic acids is 1. The first-order valence-corrected chi connectivity index (χ1v) is 7.29. The summed E-state index contributed by atoms with van der Waals surface area (Å²) in [6, 6.07) is 0.127. The number of nitrogens with one attached hydrogen (secondary N) is 1. The number of nitrogens with two attached hydrogens (primary N) is 1. The lowest BCUT2D eigenvalue weighted by molar-refractivity contribution is 0.0533. The van der Waals surface area contributed by atoms with E-state index in [0.717, 1.165) is 11.4 Å². The summed E-state index contributed by atoms with van der Waals surface area (Å²) in [4.78, 5) is 12.2. The normalized spacial score (nSPS) is 12.0. The van der Waals surface area contributed by atoms with Crippen LogP contribution in [0.1, 0.15) is 29.9 Å². The Morgan fingerprint density at radius 1 is 1.40 bits per heavy atom. The molecule has 0 aliphatic rings. The summed E-state index contributed by atoms with van der Waals surface area (Å²) in [5.74, 6) is 0.0498. The Morgan fingerprint density at radius 3 is 2.60 bits per heavy atom. The number of anilines is 2. The van der Waals surface area contributed by atoms with Gasteiger partial charge < -0.3 is 25.3 Å². The van der Waals surface area contributed by atoms with E-state index in [-0.39, 0.29) is 6.04 Å². The number of methoxy groups -OCH3 is 2. The van der Waals surface area contributed by atoms with E-state index in [1.807, 2.05) is 6.92 Å². The molecule has 1 unspecified atom stereocenters. The zero-order chi connectivity index (χ0) is 15.1. The van der Waals surface area contributed by atoms with E-state index in [2.05, 4.69) is 5.32 Å². The molecule has 1 heterocycles. The van der Waals surface area contributed by atoms with Gasteiger partial charge in [0.15, 0.2) is 5.75 Å². The van der Waals surface area contributed by atoms with E-state index in [0.29, 0.717) is 29.5 Å². The Balaban J connectivity index is 3.01. The van der Waals surface area contributed by atoms with Gasteiger partial charge in [0.2, 0.25) is 0 Å². The Hall–Kier alpha value is -1.47. The number of thiophene rings is 1. The maximum Gasteiger partial charge on any atom is 0.350 e. The summed E-state index contributed by atoms with van der Waals surface area (Å²) < 4.78 is 15.4. The van der Waals surface area contributed by atoms with Gasteiger partial charge >= 0.3 is 5.97 Å². The molecule has 0 aromatic carbocycles. The Kier molecular flexibility index (Phi) is 6.60. The molecular formula is C13H22N2O4S. The second-order valence-electron chi connectivity index (χ2n) is 4.13. The van der Waals surface area contributed by atoms with Gasteiger partial charge in [-0.1, -0.05) is 6.92 Å². The van der Waals surface area contributed by atoms with E-state index in [9.17, 15) is 4.79 Å². The molecule has 0 bridgehead atoms. The van der Waals surface area contributed by atoms with Crippen molar-refractivity contribution in [3.8, 4) is 5.75 Å². The highest BCUT2D eigenvalue weighted by Gasteiger charge is 2.24. The number of hydrogen-bond acceptors (Lipinski definition) is 7. The van der Waals surface area contributed by atoms with E-state index in [1.165, 1.54) is 18.4 Å². The largest absolute Gasteiger partial charge is 0.492 e. The van der Waals surface area contributed by atoms with Crippen molar-refractivity contribution < 1.29 is 19.0 Å². The topological polar surface area (TPSA) is 82.8 Å². The van der Waals surface area contributed by atoms with Crippen molar-refractivity contribution in [2.75, 3.05) is 38.5 Å². The van der Waals surface area contributed by atoms with E-state index in [1.54, 1.807) is 14.0 Å². The SMILES string of the molecule is CCOC(=O)c1sc(NC(CC)COC)c(OC)c1N. The summed E-state index contributed by atoms with van der Waals surface area (Å²) in [5.41, 5.74) is 6.26. The quantitative estimate of drug-likeness (QED) is 0.717. The lowest BCUT2D eigenvalue weighted by atomic mass is 10.2. The van der Waals surface area contributed by atoms with E-state index >= 15 is 0 Å². The van der Waals surface area contributed by atoms with Gasteiger partial charge in [-0.3, -0.25) is 0 Å². The third-order valence-corrected chi connectivity index (χ3v) is 3.86. The van der Waals surface area contributed by atoms with Gasteiger partial charge in [-0.05, 0) is 13.3 Å². The minimum atomic E-state index is -0.430. The maximum absolute atomic E-state index is 11.8. The highest BCUT2D eigenvalue weighted by molar-refractivity contribution is 7.19. The molecule has 1 rings (SSSR count). The number of rotatable bonds is 8. The number of nitrogen functional groups attached to an aromatic ring is 1. The molecule has 0 saturated heterocycles. The van der Waals surface area contributed by atoms with Gasteiger partial charge in [-0.2, -0.15) is 0 Å². The molecule has 0 fully saturated rings. The summed E-state index contributed by atoms with van der Waals surface area (Å²) >= 11 is 1.24. The van der Waals surface area contributed by atoms with Crippen LogP contribution in [0.5, 0.6) is 5.75 Å². The lowest BCUT2D eigenvalue weighted by Crippen LogP contribution is -2.23. The van der Waals surface area contributed by atoms with Crippen LogP contribution in [0.2, 0.25) is 0 Å². The lowest BCUT2D eigenvalue weighted by Gasteiger charge is -2.16. The molecule has 0 radical (unpaired) electrons. The first kappa shape index (κ1) is 16.6. The monoisotopic (exact) mass is 302 g/mol. The van der Waals surface area contributed by atoms with E-state index in [4.69, 9.17) is 19.9 Å². The molecule has 6 nitrogen and oxygen atoms in total. The minimum Gasteiger partial charge on any atom is -0.492 e. The van der Waals surface area contributed by atoms with Crippen LogP contribution in [0.25, 0.3) is 0 Å². The van der Waals surface area contributed by atoms with Crippen molar-refractivity contribution >= 4 is 28.0 Å². The fraction of sp³-hybridized carbons (Fsp3) is 0.615. The summed E-state index contributed by atoms with van der Waals surface area (Å²) in [5, 5.41) is 4.01. The molecule has 0 amide bonds. The zero-order valence-electron chi connectivity index (χ0n) is 12.3. The van der Waals surface area contributed by atoms with Crippen LogP contribution in [0.4, 0.5) is 10.7 Å². The van der Waals surface area contributed by atoms with Gasteiger partial charge in [-0.15, -0.1) is 11.3 Å². The number of hydrogen-bond donors (Lipinski definition) is 2. The number of esters is 1. The molecule has 114 valence electrons. The molecule has 1 aromatic heterocycles. The summed E-state index contributed by atoms with van der Waals surface area (Å²) in [7, 11) is 3.17. The van der Waals surface area contributed by atoms with Crippen LogP contribution < -0.4 is 15.8 Å². The number of ether oxygens (including phenoxy) is 3. The molecule has 1 aromatic rings. The molecule has 7 heteroatoms. The average Bonchev–Trinajstić information content (AvgIpc) is 2.74. The first-order chi connectivity index (χ1) is 9.58. The van der Waals surface area contributed by atoms with Gasteiger partial charge in [0.05, 0.1) is 26.4 Å². The van der Waals surface area contributed by atoms with Gasteiger partial charge in [-0.25, -0.2) is 4.79 Å². The van der Waals surface area contributed by atoms with Crippen molar-refractivity contribution in [1.29, 1.82) is 0 Å². The van der Waals surface area contributed by atoms with Crippen molar-refractivity contribution in [3.05, 3.63) is 4.88 Å². The van der Waals surface area contributed by atoms with Crippen LogP contribution in [0, 0.1) is 0 Å². The molecule has 0 aliphatic carbocycles. The minimum absolute atomic E-state index is 0.127. The van der Waals surface area contributed by atoms with Crippen LogP contribution in [-0.2, 0) is 9.47 Å². The third kappa shape index (κ3) is 3.77. The van der Waals surface area contributed by atoms with Crippen molar-refractivity contribution in [2.45, 2.75) is 26.3 Å². The molecule has 1 atom stereocenters. The Labute approximate surface area is 123 Å². The van der Waals surface area contributed by atoms with Gasteiger partial charge in [0.1, 0.15) is 15.6 Å². The fourth-order valence-corrected chi connectivity index (χ4v) is 2.78. The third-order valence-electron chi connectivity index (χ3n) is 2.76. The second kappa shape index (κ2) is 7.96. The van der Waals surface area contributed by atoms with Crippen molar-refractivity contribution in [1.82, 2.24) is 0 Å². The molecule has 0 saturated carbocycles. The predicted molar refractivity (Wildman–Crippen MR) is 80.8 cm³/mol. The molecule has 0 spiro atoms. The predicted octanol–water partition coefficient (Wildman–Crippen LogP) is 2.35. The molecule has 20 heavy (non-hydrogen) atoms.